The molecule has 0 spiro atoms. The number of hydrogen-bond donors (Lipinski definition) is 1. The van der Waals surface area contributed by atoms with E-state index in [4.69, 9.17) is 16.6 Å². The first-order valence-corrected chi connectivity index (χ1v) is 12.2. The number of likely N-dealkylation sites (N-methyl/N-ethyl adjacent to an activating group) is 1. The maximum Gasteiger partial charge on any atom is 0.222 e. The van der Waals surface area contributed by atoms with Crippen molar-refractivity contribution in [2.45, 2.75) is 26.2 Å². The number of aryl methyl sites for hydroxylation is 1. The lowest BCUT2D eigenvalue weighted by Gasteiger charge is -2.34. The molecule has 0 radical (unpaired) electrons. The Balaban J connectivity index is 1.38. The van der Waals surface area contributed by atoms with Gasteiger partial charge in [0.15, 0.2) is 0 Å². The van der Waals surface area contributed by atoms with Crippen molar-refractivity contribution in [2.75, 3.05) is 32.7 Å². The van der Waals surface area contributed by atoms with Gasteiger partial charge in [-0.05, 0) is 55.3 Å². The number of fused-ring (bicyclic) bond motifs is 2. The van der Waals surface area contributed by atoms with Crippen molar-refractivity contribution in [3.63, 3.8) is 0 Å². The number of rotatable bonds is 6. The largest absolute Gasteiger partial charge is 0.353 e. The number of aromatic nitrogens is 2. The highest BCUT2D eigenvalue weighted by Crippen LogP contribution is 2.33. The zero-order valence-corrected chi connectivity index (χ0v) is 19.7. The molecule has 1 saturated heterocycles. The number of amides is 1. The summed E-state index contributed by atoms with van der Waals surface area (Å²) in [5.74, 6) is 0.258. The third kappa shape index (κ3) is 4.61. The molecule has 5 rings (SSSR count). The number of pyridine rings is 1. The van der Waals surface area contributed by atoms with Crippen LogP contribution in [0.1, 0.15) is 25.3 Å². The van der Waals surface area contributed by atoms with Crippen molar-refractivity contribution < 1.29 is 4.79 Å². The Bertz CT molecular complexity index is 1290. The van der Waals surface area contributed by atoms with Gasteiger partial charge in [0.1, 0.15) is 0 Å². The van der Waals surface area contributed by atoms with Gasteiger partial charge in [-0.3, -0.25) is 4.79 Å². The van der Waals surface area contributed by atoms with E-state index >= 15 is 0 Å². The van der Waals surface area contributed by atoms with Crippen LogP contribution in [0, 0.1) is 0 Å². The van der Waals surface area contributed by atoms with Gasteiger partial charge in [-0.15, -0.1) is 0 Å². The summed E-state index contributed by atoms with van der Waals surface area (Å²) in [5, 5.41) is 2.94. The van der Waals surface area contributed by atoms with Crippen molar-refractivity contribution >= 4 is 39.3 Å². The van der Waals surface area contributed by atoms with Crippen LogP contribution in [0.3, 0.4) is 0 Å². The van der Waals surface area contributed by atoms with Crippen LogP contribution in [-0.2, 0) is 11.2 Å². The molecule has 33 heavy (non-hydrogen) atoms. The summed E-state index contributed by atoms with van der Waals surface area (Å²) in [6, 6.07) is 18.3. The highest BCUT2D eigenvalue weighted by atomic mass is 35.5. The van der Waals surface area contributed by atoms with Gasteiger partial charge in [0.05, 0.1) is 16.9 Å². The third-order valence-corrected chi connectivity index (χ3v) is 6.95. The minimum atomic E-state index is 0.258. The first-order chi connectivity index (χ1) is 16.1. The van der Waals surface area contributed by atoms with E-state index in [1.165, 1.54) is 5.56 Å². The molecule has 0 atom stereocenters. The molecule has 3 heterocycles. The Hall–Kier alpha value is -2.89. The average molecular weight is 461 g/mol. The summed E-state index contributed by atoms with van der Waals surface area (Å²) >= 11 is 6.34. The second kappa shape index (κ2) is 9.54. The van der Waals surface area contributed by atoms with Crippen LogP contribution in [0.2, 0.25) is 5.02 Å². The van der Waals surface area contributed by atoms with E-state index in [0.717, 1.165) is 78.8 Å². The van der Waals surface area contributed by atoms with E-state index in [1.54, 1.807) is 0 Å². The maximum absolute atomic E-state index is 12.8. The normalized spacial score (nSPS) is 14.9. The summed E-state index contributed by atoms with van der Waals surface area (Å²) in [5.41, 5.74) is 5.12. The van der Waals surface area contributed by atoms with Gasteiger partial charge < -0.3 is 14.8 Å². The summed E-state index contributed by atoms with van der Waals surface area (Å²) in [6.45, 7) is 6.84. The molecule has 1 aliphatic rings. The summed E-state index contributed by atoms with van der Waals surface area (Å²) in [7, 11) is 0. The molecule has 6 heteroatoms. The molecular weight excluding hydrogens is 432 g/mol. The molecule has 5 nitrogen and oxygen atoms in total. The van der Waals surface area contributed by atoms with Crippen LogP contribution in [0.4, 0.5) is 0 Å². The van der Waals surface area contributed by atoms with Crippen molar-refractivity contribution in [1.29, 1.82) is 0 Å². The molecule has 0 aliphatic carbocycles. The summed E-state index contributed by atoms with van der Waals surface area (Å²) < 4.78 is 0. The average Bonchev–Trinajstić information content (AvgIpc) is 3.21. The predicted molar refractivity (Wildman–Crippen MR) is 136 cm³/mol. The number of para-hydroxylation sites is 1. The topological polar surface area (TPSA) is 52.2 Å². The van der Waals surface area contributed by atoms with E-state index < -0.39 is 0 Å². The number of benzene rings is 2. The Morgan fingerprint density at radius 1 is 1.06 bits per heavy atom. The summed E-state index contributed by atoms with van der Waals surface area (Å²) in [6.07, 6.45) is 2.15. The van der Waals surface area contributed by atoms with Crippen LogP contribution in [-0.4, -0.2) is 58.4 Å². The number of halogens is 1. The van der Waals surface area contributed by atoms with Gasteiger partial charge in [-0.25, -0.2) is 4.98 Å². The zero-order valence-electron chi connectivity index (χ0n) is 19.0. The van der Waals surface area contributed by atoms with Crippen LogP contribution >= 0.6 is 11.6 Å². The number of carbonyl (C=O) groups is 1. The third-order valence-electron chi connectivity index (χ3n) is 6.71. The molecule has 1 amide bonds. The number of H-pyrrole nitrogens is 1. The van der Waals surface area contributed by atoms with E-state index in [0.29, 0.717) is 11.4 Å². The van der Waals surface area contributed by atoms with Crippen LogP contribution in [0.25, 0.3) is 33.2 Å². The molecule has 170 valence electrons. The maximum atomic E-state index is 12.8. The second-order valence-corrected chi connectivity index (χ2v) is 9.16. The van der Waals surface area contributed by atoms with E-state index in [2.05, 4.69) is 35.0 Å². The quantitative estimate of drug-likeness (QED) is 0.412. The van der Waals surface area contributed by atoms with Crippen molar-refractivity contribution in [3.05, 3.63) is 65.2 Å². The van der Waals surface area contributed by atoms with Crippen molar-refractivity contribution in [2.24, 2.45) is 0 Å². The first kappa shape index (κ1) is 21.9. The number of carbonyl (C=O) groups excluding carboxylic acids is 1. The van der Waals surface area contributed by atoms with Crippen LogP contribution < -0.4 is 0 Å². The van der Waals surface area contributed by atoms with Crippen molar-refractivity contribution in [1.82, 2.24) is 19.8 Å². The van der Waals surface area contributed by atoms with Gasteiger partial charge in [0.25, 0.3) is 0 Å². The zero-order chi connectivity index (χ0) is 22.8. The molecule has 1 fully saturated rings. The van der Waals surface area contributed by atoms with Crippen LogP contribution in [0.5, 0.6) is 0 Å². The SMILES string of the molecule is CCN1CCN(C(=O)CCCc2c(-c3ccc4ccccc4n3)[nH]c3ccc(Cl)cc23)CC1. The fourth-order valence-corrected chi connectivity index (χ4v) is 4.96. The van der Waals surface area contributed by atoms with Gasteiger partial charge >= 0.3 is 0 Å². The minimum Gasteiger partial charge on any atom is -0.353 e. The fourth-order valence-electron chi connectivity index (χ4n) is 4.79. The first-order valence-electron chi connectivity index (χ1n) is 11.8. The number of aromatic amines is 1. The molecule has 0 bridgehead atoms. The molecule has 2 aromatic heterocycles. The number of piperazine rings is 1. The van der Waals surface area contributed by atoms with E-state index in [9.17, 15) is 4.79 Å². The van der Waals surface area contributed by atoms with Gasteiger partial charge in [-0.2, -0.15) is 0 Å². The van der Waals surface area contributed by atoms with Gasteiger partial charge in [-0.1, -0.05) is 42.8 Å². The second-order valence-electron chi connectivity index (χ2n) is 8.73. The lowest BCUT2D eigenvalue weighted by Crippen LogP contribution is -2.48. The Morgan fingerprint density at radius 2 is 1.88 bits per heavy atom. The molecule has 1 N–H and O–H groups in total. The highest BCUT2D eigenvalue weighted by Gasteiger charge is 2.21. The highest BCUT2D eigenvalue weighted by molar-refractivity contribution is 6.31. The Kier molecular flexibility index (Phi) is 6.34. The molecule has 2 aromatic carbocycles. The lowest BCUT2D eigenvalue weighted by atomic mass is 10.0. The Labute approximate surface area is 199 Å². The van der Waals surface area contributed by atoms with Crippen molar-refractivity contribution in [3.8, 4) is 11.4 Å². The molecule has 1 aliphatic heterocycles. The standard InChI is InChI=1S/C27H29ClN4O/c1-2-31-14-16-32(17-15-31)26(33)9-5-7-21-22-18-20(28)11-13-24(22)30-27(21)25-12-10-19-6-3-4-8-23(19)29-25/h3-4,6,8,10-13,18,30H,2,5,7,9,14-17H2,1H3. The Morgan fingerprint density at radius 3 is 2.70 bits per heavy atom. The molecule has 0 saturated carbocycles. The molecular formula is C27H29ClN4O. The fraction of sp³-hybridized carbons (Fsp3) is 0.333. The minimum absolute atomic E-state index is 0.258. The number of nitrogens with one attached hydrogen (secondary N) is 1. The van der Waals surface area contributed by atoms with Crippen LogP contribution in [0.15, 0.2) is 54.6 Å². The predicted octanol–water partition coefficient (Wildman–Crippen LogP) is 5.52. The molecule has 4 aromatic rings. The number of nitrogens with zero attached hydrogens (tertiary/aromatic N) is 3. The molecule has 0 unspecified atom stereocenters. The van der Waals surface area contributed by atoms with Gasteiger partial charge in [0, 0.05) is 53.9 Å². The van der Waals surface area contributed by atoms with E-state index in [-0.39, 0.29) is 5.91 Å². The lowest BCUT2D eigenvalue weighted by molar-refractivity contribution is -0.133. The smallest absolute Gasteiger partial charge is 0.222 e. The summed E-state index contributed by atoms with van der Waals surface area (Å²) in [4.78, 5) is 25.7. The van der Waals surface area contributed by atoms with Gasteiger partial charge in [0.2, 0.25) is 5.91 Å². The monoisotopic (exact) mass is 460 g/mol. The van der Waals surface area contributed by atoms with E-state index in [1.807, 2.05) is 41.3 Å². The number of hydrogen-bond acceptors (Lipinski definition) is 3.